The van der Waals surface area contributed by atoms with Crippen molar-refractivity contribution in [3.05, 3.63) is 78.4 Å². The fraction of sp³-hybridized carbons (Fsp3) is 0.0952. The van der Waals surface area contributed by atoms with Crippen LogP contribution in [0.2, 0.25) is 0 Å². The molecule has 2 N–H and O–H groups in total. The van der Waals surface area contributed by atoms with Gasteiger partial charge in [-0.15, -0.1) is 0 Å². The van der Waals surface area contributed by atoms with E-state index in [0.29, 0.717) is 5.56 Å². The molecule has 3 heteroatoms. The molecular weight excluding hydrogens is 296 g/mol. The van der Waals surface area contributed by atoms with E-state index in [2.05, 4.69) is 29.2 Å². The molecule has 0 spiro atoms. The minimum Gasteiger partial charge on any atom is -0.378 e. The number of hydrogen-bond donors (Lipinski definition) is 1. The molecule has 3 aromatic rings. The van der Waals surface area contributed by atoms with Crippen LogP contribution < -0.4 is 10.6 Å². The van der Waals surface area contributed by atoms with Gasteiger partial charge in [-0.1, -0.05) is 48.5 Å². The molecule has 3 aromatic carbocycles. The van der Waals surface area contributed by atoms with Crippen molar-refractivity contribution < 1.29 is 4.79 Å². The number of carbonyl (C=O) groups excluding carboxylic acids is 1. The highest BCUT2D eigenvalue weighted by Gasteiger charge is 2.11. The highest BCUT2D eigenvalue weighted by Crippen LogP contribution is 2.30. The second kappa shape index (κ2) is 6.59. The number of anilines is 1. The van der Waals surface area contributed by atoms with Crippen molar-refractivity contribution in [3.63, 3.8) is 0 Å². The average Bonchev–Trinajstić information content (AvgIpc) is 2.62. The van der Waals surface area contributed by atoms with Crippen LogP contribution in [-0.2, 0) is 0 Å². The van der Waals surface area contributed by atoms with Crippen molar-refractivity contribution >= 4 is 11.6 Å². The highest BCUT2D eigenvalue weighted by atomic mass is 16.1. The van der Waals surface area contributed by atoms with Gasteiger partial charge >= 0.3 is 0 Å². The van der Waals surface area contributed by atoms with E-state index < -0.39 is 5.91 Å². The van der Waals surface area contributed by atoms with Gasteiger partial charge in [-0.2, -0.15) is 0 Å². The summed E-state index contributed by atoms with van der Waals surface area (Å²) >= 11 is 0. The van der Waals surface area contributed by atoms with Gasteiger partial charge in [0.25, 0.3) is 0 Å². The lowest BCUT2D eigenvalue weighted by Crippen LogP contribution is -2.12. The first-order valence-corrected chi connectivity index (χ1v) is 7.83. The molecule has 0 radical (unpaired) electrons. The zero-order valence-electron chi connectivity index (χ0n) is 13.9. The fourth-order valence-corrected chi connectivity index (χ4v) is 2.75. The first-order chi connectivity index (χ1) is 11.6. The Morgan fingerprint density at radius 2 is 1.42 bits per heavy atom. The first-order valence-electron chi connectivity index (χ1n) is 7.83. The molecule has 0 aromatic heterocycles. The number of nitrogens with two attached hydrogens (primary N) is 1. The van der Waals surface area contributed by atoms with Crippen molar-refractivity contribution in [1.82, 2.24) is 0 Å². The summed E-state index contributed by atoms with van der Waals surface area (Å²) in [4.78, 5) is 13.8. The molecule has 120 valence electrons. The SMILES string of the molecule is CN(C)c1ccc(-c2ccc(C(N)=O)c(-c3ccccc3)c2)cc1. The minimum atomic E-state index is -0.414. The van der Waals surface area contributed by atoms with E-state index in [1.807, 2.05) is 56.6 Å². The molecule has 3 nitrogen and oxygen atoms in total. The molecule has 0 aliphatic carbocycles. The molecule has 0 fully saturated rings. The third kappa shape index (κ3) is 3.15. The quantitative estimate of drug-likeness (QED) is 0.784. The van der Waals surface area contributed by atoms with Gasteiger partial charge < -0.3 is 10.6 Å². The molecule has 1 amide bonds. The zero-order valence-corrected chi connectivity index (χ0v) is 13.9. The maximum absolute atomic E-state index is 11.8. The monoisotopic (exact) mass is 316 g/mol. The lowest BCUT2D eigenvalue weighted by molar-refractivity contribution is 0.100. The topological polar surface area (TPSA) is 46.3 Å². The number of amides is 1. The van der Waals surface area contributed by atoms with Crippen molar-refractivity contribution in [2.75, 3.05) is 19.0 Å². The second-order valence-corrected chi connectivity index (χ2v) is 5.93. The van der Waals surface area contributed by atoms with Crippen LogP contribution in [0.4, 0.5) is 5.69 Å². The van der Waals surface area contributed by atoms with Crippen molar-refractivity contribution in [1.29, 1.82) is 0 Å². The van der Waals surface area contributed by atoms with Crippen molar-refractivity contribution in [2.45, 2.75) is 0 Å². The van der Waals surface area contributed by atoms with E-state index >= 15 is 0 Å². The summed E-state index contributed by atoms with van der Waals surface area (Å²) in [6, 6.07) is 24.0. The Morgan fingerprint density at radius 3 is 2.00 bits per heavy atom. The predicted molar refractivity (Wildman–Crippen MR) is 100 cm³/mol. The van der Waals surface area contributed by atoms with Gasteiger partial charge in [0.15, 0.2) is 0 Å². The summed E-state index contributed by atoms with van der Waals surface area (Å²) in [5.41, 5.74) is 11.2. The van der Waals surface area contributed by atoms with E-state index in [4.69, 9.17) is 5.73 Å². The molecular formula is C21H20N2O. The van der Waals surface area contributed by atoms with E-state index in [0.717, 1.165) is 27.9 Å². The largest absolute Gasteiger partial charge is 0.378 e. The second-order valence-electron chi connectivity index (χ2n) is 5.93. The number of benzene rings is 3. The standard InChI is InChI=1S/C21H20N2O/c1-23(2)18-11-8-15(9-12-18)17-10-13-19(21(22)24)20(14-17)16-6-4-3-5-7-16/h3-14H,1-2H3,(H2,22,24). The lowest BCUT2D eigenvalue weighted by Gasteiger charge is -2.14. The Balaban J connectivity index is 2.09. The van der Waals surface area contributed by atoms with Crippen LogP contribution in [0.25, 0.3) is 22.3 Å². The van der Waals surface area contributed by atoms with Gasteiger partial charge in [-0.05, 0) is 46.5 Å². The molecule has 0 aliphatic rings. The minimum absolute atomic E-state index is 0.414. The molecule has 0 aliphatic heterocycles. The number of hydrogen-bond acceptors (Lipinski definition) is 2. The zero-order chi connectivity index (χ0) is 17.1. The summed E-state index contributed by atoms with van der Waals surface area (Å²) in [6.45, 7) is 0. The summed E-state index contributed by atoms with van der Waals surface area (Å²) < 4.78 is 0. The van der Waals surface area contributed by atoms with Gasteiger partial charge in [0.05, 0.1) is 0 Å². The third-order valence-electron chi connectivity index (χ3n) is 4.09. The van der Waals surface area contributed by atoms with E-state index in [9.17, 15) is 4.79 Å². The summed E-state index contributed by atoms with van der Waals surface area (Å²) in [5, 5.41) is 0. The highest BCUT2D eigenvalue weighted by molar-refractivity contribution is 6.00. The summed E-state index contributed by atoms with van der Waals surface area (Å²) in [5.74, 6) is -0.414. The lowest BCUT2D eigenvalue weighted by atomic mass is 9.94. The molecule has 3 rings (SSSR count). The van der Waals surface area contributed by atoms with Gasteiger partial charge in [-0.3, -0.25) is 4.79 Å². The Kier molecular flexibility index (Phi) is 4.34. The number of carbonyl (C=O) groups is 1. The van der Waals surface area contributed by atoms with Crippen LogP contribution in [0.1, 0.15) is 10.4 Å². The van der Waals surface area contributed by atoms with Gasteiger partial charge in [0, 0.05) is 25.3 Å². The Morgan fingerprint density at radius 1 is 0.792 bits per heavy atom. The maximum atomic E-state index is 11.8. The maximum Gasteiger partial charge on any atom is 0.249 e. The Bertz CT molecular complexity index is 853. The van der Waals surface area contributed by atoms with E-state index in [-0.39, 0.29) is 0 Å². The number of rotatable bonds is 4. The van der Waals surface area contributed by atoms with Crippen LogP contribution >= 0.6 is 0 Å². The van der Waals surface area contributed by atoms with Crippen LogP contribution in [-0.4, -0.2) is 20.0 Å². The van der Waals surface area contributed by atoms with E-state index in [1.54, 1.807) is 6.07 Å². The first kappa shape index (κ1) is 15.8. The Hall–Kier alpha value is -3.07. The van der Waals surface area contributed by atoms with E-state index in [1.165, 1.54) is 0 Å². The van der Waals surface area contributed by atoms with Crippen molar-refractivity contribution in [3.8, 4) is 22.3 Å². The molecule has 0 atom stereocenters. The number of primary amides is 1. The van der Waals surface area contributed by atoms with Gasteiger partial charge in [0.1, 0.15) is 0 Å². The van der Waals surface area contributed by atoms with Gasteiger partial charge in [-0.25, -0.2) is 0 Å². The molecule has 0 heterocycles. The molecule has 0 saturated heterocycles. The molecule has 0 saturated carbocycles. The molecule has 0 bridgehead atoms. The fourth-order valence-electron chi connectivity index (χ4n) is 2.75. The molecule has 0 unspecified atom stereocenters. The smallest absolute Gasteiger partial charge is 0.249 e. The summed E-state index contributed by atoms with van der Waals surface area (Å²) in [6.07, 6.45) is 0. The third-order valence-corrected chi connectivity index (χ3v) is 4.09. The van der Waals surface area contributed by atoms with Gasteiger partial charge in [0.2, 0.25) is 5.91 Å². The van der Waals surface area contributed by atoms with Crippen LogP contribution in [0.3, 0.4) is 0 Å². The Labute approximate surface area is 142 Å². The van der Waals surface area contributed by atoms with Crippen LogP contribution in [0, 0.1) is 0 Å². The molecule has 24 heavy (non-hydrogen) atoms. The summed E-state index contributed by atoms with van der Waals surface area (Å²) in [7, 11) is 4.04. The normalized spacial score (nSPS) is 10.4. The predicted octanol–water partition coefficient (Wildman–Crippen LogP) is 4.19. The van der Waals surface area contributed by atoms with Crippen LogP contribution in [0.15, 0.2) is 72.8 Å². The number of nitrogens with zero attached hydrogens (tertiary/aromatic N) is 1. The van der Waals surface area contributed by atoms with Crippen LogP contribution in [0.5, 0.6) is 0 Å². The average molecular weight is 316 g/mol. The van der Waals surface area contributed by atoms with Crippen molar-refractivity contribution in [2.24, 2.45) is 5.73 Å².